The Morgan fingerprint density at radius 1 is 1.21 bits per heavy atom. The van der Waals surface area contributed by atoms with Gasteiger partial charge in [-0.15, -0.1) is 0 Å². The first-order valence-electron chi connectivity index (χ1n) is 9.55. The molecule has 7 nitrogen and oxygen atoms in total. The highest BCUT2D eigenvalue weighted by Crippen LogP contribution is 2.25. The number of hydrogen-bond acceptors (Lipinski definition) is 5. The van der Waals surface area contributed by atoms with Gasteiger partial charge in [-0.3, -0.25) is 9.59 Å². The van der Waals surface area contributed by atoms with Crippen LogP contribution in [0.3, 0.4) is 0 Å². The molecule has 1 aromatic carbocycles. The number of rotatable bonds is 4. The second-order valence-corrected chi connectivity index (χ2v) is 7.42. The third kappa shape index (κ3) is 3.65. The molecule has 1 fully saturated rings. The van der Waals surface area contributed by atoms with Gasteiger partial charge in [0.05, 0.1) is 6.26 Å². The Morgan fingerprint density at radius 2 is 2.00 bits per heavy atom. The SMILES string of the molecule is CC(C)c1nc2cc(NC(=O)C3CCN(C(=O)c4ccco4)CC3)ccc2o1. The maximum absolute atomic E-state index is 12.6. The molecule has 3 aromatic rings. The fraction of sp³-hybridized carbons (Fsp3) is 0.381. The molecule has 146 valence electrons. The van der Waals surface area contributed by atoms with E-state index in [9.17, 15) is 9.59 Å². The van der Waals surface area contributed by atoms with Crippen molar-refractivity contribution in [1.82, 2.24) is 9.88 Å². The van der Waals surface area contributed by atoms with Gasteiger partial charge in [0.15, 0.2) is 17.2 Å². The van der Waals surface area contributed by atoms with E-state index in [0.29, 0.717) is 48.9 Å². The molecular formula is C21H23N3O4. The summed E-state index contributed by atoms with van der Waals surface area (Å²) >= 11 is 0. The first-order valence-corrected chi connectivity index (χ1v) is 9.55. The van der Waals surface area contributed by atoms with Gasteiger partial charge in [-0.2, -0.15) is 0 Å². The van der Waals surface area contributed by atoms with Crippen molar-refractivity contribution in [2.24, 2.45) is 5.92 Å². The monoisotopic (exact) mass is 381 g/mol. The number of hydrogen-bond donors (Lipinski definition) is 1. The molecular weight excluding hydrogens is 358 g/mol. The Balaban J connectivity index is 1.37. The minimum atomic E-state index is -0.125. The molecule has 0 saturated carbocycles. The summed E-state index contributed by atoms with van der Waals surface area (Å²) in [5.41, 5.74) is 2.15. The van der Waals surface area contributed by atoms with Crippen LogP contribution in [0.15, 0.2) is 45.4 Å². The van der Waals surface area contributed by atoms with E-state index >= 15 is 0 Å². The summed E-state index contributed by atoms with van der Waals surface area (Å²) in [7, 11) is 0. The number of nitrogens with zero attached hydrogens (tertiary/aromatic N) is 2. The number of amides is 2. The fourth-order valence-corrected chi connectivity index (χ4v) is 3.42. The number of anilines is 1. The molecule has 2 aromatic heterocycles. The van der Waals surface area contributed by atoms with Crippen molar-refractivity contribution in [3.63, 3.8) is 0 Å². The Hall–Kier alpha value is -3.09. The Morgan fingerprint density at radius 3 is 2.68 bits per heavy atom. The minimum absolute atomic E-state index is 0.0305. The van der Waals surface area contributed by atoms with Crippen molar-refractivity contribution >= 4 is 28.6 Å². The highest BCUT2D eigenvalue weighted by atomic mass is 16.3. The van der Waals surface area contributed by atoms with Crippen LogP contribution in [0.4, 0.5) is 5.69 Å². The van der Waals surface area contributed by atoms with E-state index in [1.807, 2.05) is 32.0 Å². The van der Waals surface area contributed by atoms with Gasteiger partial charge in [-0.1, -0.05) is 13.8 Å². The van der Waals surface area contributed by atoms with Gasteiger partial charge >= 0.3 is 0 Å². The summed E-state index contributed by atoms with van der Waals surface area (Å²) in [5.74, 6) is 0.953. The zero-order chi connectivity index (χ0) is 19.7. The molecule has 4 rings (SSSR count). The summed E-state index contributed by atoms with van der Waals surface area (Å²) in [6.45, 7) is 5.13. The predicted octanol–water partition coefficient (Wildman–Crippen LogP) is 4.04. The predicted molar refractivity (Wildman–Crippen MR) is 104 cm³/mol. The number of likely N-dealkylation sites (tertiary alicyclic amines) is 1. The normalized spacial score (nSPS) is 15.3. The zero-order valence-electron chi connectivity index (χ0n) is 16.0. The van der Waals surface area contributed by atoms with Crippen LogP contribution in [0, 0.1) is 5.92 Å². The number of carbonyl (C=O) groups excluding carboxylic acids is 2. The highest BCUT2D eigenvalue weighted by Gasteiger charge is 2.28. The highest BCUT2D eigenvalue weighted by molar-refractivity contribution is 5.95. The van der Waals surface area contributed by atoms with Crippen molar-refractivity contribution in [1.29, 1.82) is 0 Å². The maximum Gasteiger partial charge on any atom is 0.289 e. The van der Waals surface area contributed by atoms with Crippen molar-refractivity contribution in [3.05, 3.63) is 48.2 Å². The van der Waals surface area contributed by atoms with Gasteiger partial charge in [-0.05, 0) is 43.2 Å². The molecule has 28 heavy (non-hydrogen) atoms. The van der Waals surface area contributed by atoms with Crippen molar-refractivity contribution in [3.8, 4) is 0 Å². The Kier molecular flexibility index (Phi) is 4.90. The molecule has 0 radical (unpaired) electrons. The molecule has 0 spiro atoms. The van der Waals surface area contributed by atoms with Gasteiger partial charge in [-0.25, -0.2) is 4.98 Å². The zero-order valence-corrected chi connectivity index (χ0v) is 16.0. The number of benzene rings is 1. The second kappa shape index (κ2) is 7.50. The van der Waals surface area contributed by atoms with E-state index in [1.54, 1.807) is 17.0 Å². The lowest BCUT2D eigenvalue weighted by Crippen LogP contribution is -2.41. The average Bonchev–Trinajstić information content (AvgIpc) is 3.37. The van der Waals surface area contributed by atoms with Crippen LogP contribution in [0.2, 0.25) is 0 Å². The minimum Gasteiger partial charge on any atom is -0.459 e. The lowest BCUT2D eigenvalue weighted by molar-refractivity contribution is -0.121. The summed E-state index contributed by atoms with van der Waals surface area (Å²) in [5, 5.41) is 2.97. The molecule has 0 atom stereocenters. The number of oxazole rings is 1. The number of carbonyl (C=O) groups is 2. The number of piperidine rings is 1. The van der Waals surface area contributed by atoms with Crippen LogP contribution < -0.4 is 5.32 Å². The molecule has 7 heteroatoms. The van der Waals surface area contributed by atoms with E-state index in [4.69, 9.17) is 8.83 Å². The molecule has 1 aliphatic rings. The molecule has 1 aliphatic heterocycles. The second-order valence-electron chi connectivity index (χ2n) is 7.42. The quantitative estimate of drug-likeness (QED) is 0.737. The Labute approximate surface area is 162 Å². The van der Waals surface area contributed by atoms with E-state index in [1.165, 1.54) is 6.26 Å². The first kappa shape index (κ1) is 18.3. The summed E-state index contributed by atoms with van der Waals surface area (Å²) in [4.78, 5) is 31.2. The van der Waals surface area contributed by atoms with Crippen LogP contribution in [0.25, 0.3) is 11.1 Å². The van der Waals surface area contributed by atoms with Crippen LogP contribution >= 0.6 is 0 Å². The number of furan rings is 1. The third-order valence-electron chi connectivity index (χ3n) is 5.05. The lowest BCUT2D eigenvalue weighted by Gasteiger charge is -2.30. The molecule has 0 unspecified atom stereocenters. The van der Waals surface area contributed by atoms with Crippen LogP contribution in [-0.2, 0) is 4.79 Å². The van der Waals surface area contributed by atoms with Gasteiger partial charge < -0.3 is 19.1 Å². The topological polar surface area (TPSA) is 88.6 Å². The van der Waals surface area contributed by atoms with Gasteiger partial charge in [0.1, 0.15) is 5.52 Å². The van der Waals surface area contributed by atoms with Gasteiger partial charge in [0, 0.05) is 30.6 Å². The summed E-state index contributed by atoms with van der Waals surface area (Å²) in [6.07, 6.45) is 2.74. The Bertz CT molecular complexity index is 982. The molecule has 1 N–H and O–H groups in total. The first-order chi connectivity index (χ1) is 13.5. The van der Waals surface area contributed by atoms with Gasteiger partial charge in [0.25, 0.3) is 5.91 Å². The molecule has 3 heterocycles. The van der Waals surface area contributed by atoms with E-state index in [2.05, 4.69) is 10.3 Å². The largest absolute Gasteiger partial charge is 0.459 e. The average molecular weight is 381 g/mol. The van der Waals surface area contributed by atoms with Gasteiger partial charge in [0.2, 0.25) is 5.91 Å². The van der Waals surface area contributed by atoms with Crippen LogP contribution in [0.5, 0.6) is 0 Å². The van der Waals surface area contributed by atoms with E-state index < -0.39 is 0 Å². The fourth-order valence-electron chi connectivity index (χ4n) is 3.42. The number of fused-ring (bicyclic) bond motifs is 1. The van der Waals surface area contributed by atoms with Crippen molar-refractivity contribution in [2.75, 3.05) is 18.4 Å². The standard InChI is InChI=1S/C21H23N3O4/c1-13(2)20-23-16-12-15(5-6-17(16)28-20)22-19(25)14-7-9-24(10-8-14)21(26)18-4-3-11-27-18/h3-6,11-14H,7-10H2,1-2H3,(H,22,25). The molecule has 2 amide bonds. The number of nitrogens with one attached hydrogen (secondary N) is 1. The maximum atomic E-state index is 12.6. The number of aromatic nitrogens is 1. The smallest absolute Gasteiger partial charge is 0.289 e. The summed E-state index contributed by atoms with van der Waals surface area (Å²) in [6, 6.07) is 8.84. The summed E-state index contributed by atoms with van der Waals surface area (Å²) < 4.78 is 10.9. The lowest BCUT2D eigenvalue weighted by atomic mass is 9.95. The van der Waals surface area contributed by atoms with Crippen LogP contribution in [-0.4, -0.2) is 34.8 Å². The third-order valence-corrected chi connectivity index (χ3v) is 5.05. The van der Waals surface area contributed by atoms with Crippen molar-refractivity contribution in [2.45, 2.75) is 32.6 Å². The van der Waals surface area contributed by atoms with E-state index in [-0.39, 0.29) is 23.7 Å². The van der Waals surface area contributed by atoms with Crippen molar-refractivity contribution < 1.29 is 18.4 Å². The van der Waals surface area contributed by atoms with E-state index in [0.717, 1.165) is 5.52 Å². The molecule has 0 aliphatic carbocycles. The molecule has 0 bridgehead atoms. The molecule has 1 saturated heterocycles. The van der Waals surface area contributed by atoms with Crippen LogP contribution in [0.1, 0.15) is 49.1 Å².